The fourth-order valence-corrected chi connectivity index (χ4v) is 7.20. The quantitative estimate of drug-likeness (QED) is 0.329. The van der Waals surface area contributed by atoms with E-state index in [9.17, 15) is 4.79 Å². The predicted octanol–water partition coefficient (Wildman–Crippen LogP) is 6.20. The monoisotopic (exact) mass is 485 g/mol. The largest absolute Gasteiger partial charge is 0.309 e. The van der Waals surface area contributed by atoms with Gasteiger partial charge in [0.15, 0.2) is 5.16 Å². The first-order valence-corrected chi connectivity index (χ1v) is 13.7. The van der Waals surface area contributed by atoms with Crippen LogP contribution < -0.4 is 5.56 Å². The van der Waals surface area contributed by atoms with E-state index < -0.39 is 0 Å². The molecular formula is C23H27N5OS3. The molecule has 4 aromatic heterocycles. The lowest BCUT2D eigenvalue weighted by Crippen LogP contribution is -2.17. The van der Waals surface area contributed by atoms with Crippen molar-refractivity contribution >= 4 is 44.7 Å². The zero-order valence-corrected chi connectivity index (χ0v) is 21.0. The molecule has 168 valence electrons. The molecule has 0 radical (unpaired) electrons. The maximum atomic E-state index is 12.8. The molecule has 0 unspecified atom stereocenters. The van der Waals surface area contributed by atoms with Crippen LogP contribution in [0.5, 0.6) is 0 Å². The fraction of sp³-hybridized carbons (Fsp3) is 0.478. The number of aryl methyl sites for hydroxylation is 2. The molecule has 9 heteroatoms. The summed E-state index contributed by atoms with van der Waals surface area (Å²) < 4.78 is 2.37. The van der Waals surface area contributed by atoms with E-state index in [1.54, 1.807) is 34.4 Å². The van der Waals surface area contributed by atoms with E-state index in [-0.39, 0.29) is 10.8 Å². The van der Waals surface area contributed by atoms with E-state index in [1.807, 2.05) is 13.8 Å². The summed E-state index contributed by atoms with van der Waals surface area (Å²) in [5.74, 6) is 1.74. The second kappa shape index (κ2) is 9.11. The molecule has 4 heterocycles. The Hall–Kier alpha value is -1.97. The Balaban J connectivity index is 1.47. The zero-order valence-electron chi connectivity index (χ0n) is 18.6. The van der Waals surface area contributed by atoms with Gasteiger partial charge in [0.25, 0.3) is 5.56 Å². The molecule has 1 atom stereocenters. The van der Waals surface area contributed by atoms with Gasteiger partial charge in [0.2, 0.25) is 0 Å². The van der Waals surface area contributed by atoms with Crippen LogP contribution in [0.15, 0.2) is 27.5 Å². The maximum absolute atomic E-state index is 12.8. The number of nitrogens with zero attached hydrogens (tertiary/aromatic N) is 4. The average Bonchev–Trinajstić information content (AvgIpc) is 3.50. The van der Waals surface area contributed by atoms with Gasteiger partial charge in [-0.05, 0) is 50.6 Å². The van der Waals surface area contributed by atoms with Gasteiger partial charge in [-0.25, -0.2) is 4.98 Å². The molecule has 0 spiro atoms. The first kappa shape index (κ1) is 21.9. The van der Waals surface area contributed by atoms with E-state index in [0.29, 0.717) is 11.9 Å². The number of nitrogens with one attached hydrogen (secondary N) is 1. The Bertz CT molecular complexity index is 1280. The van der Waals surface area contributed by atoms with Gasteiger partial charge in [0, 0.05) is 22.2 Å². The van der Waals surface area contributed by atoms with Crippen molar-refractivity contribution in [2.75, 3.05) is 0 Å². The fourth-order valence-electron chi connectivity index (χ4n) is 4.46. The van der Waals surface area contributed by atoms with Crippen molar-refractivity contribution in [3.8, 4) is 0 Å². The molecule has 1 saturated carbocycles. The van der Waals surface area contributed by atoms with Crippen LogP contribution in [0.25, 0.3) is 10.2 Å². The number of hydrogen-bond acceptors (Lipinski definition) is 7. The summed E-state index contributed by atoms with van der Waals surface area (Å²) in [5.41, 5.74) is 0.979. The highest BCUT2D eigenvalue weighted by molar-refractivity contribution is 7.99. The Kier molecular flexibility index (Phi) is 6.22. The number of thiophene rings is 2. The maximum Gasteiger partial charge on any atom is 0.259 e. The summed E-state index contributed by atoms with van der Waals surface area (Å²) in [6.45, 7) is 6.12. The third kappa shape index (κ3) is 4.18. The third-order valence-electron chi connectivity index (χ3n) is 6.31. The minimum atomic E-state index is -0.0496. The van der Waals surface area contributed by atoms with Crippen molar-refractivity contribution in [2.24, 2.45) is 0 Å². The topological polar surface area (TPSA) is 76.5 Å². The SMILES string of the molecule is Cc1sc2nc([C@@H](C)Sc3nnc(Cc4cccs4)n3C3CCCCC3)[nH]c(=O)c2c1C. The molecule has 1 aliphatic carbocycles. The molecule has 0 saturated heterocycles. The van der Waals surface area contributed by atoms with Gasteiger partial charge in [-0.3, -0.25) is 4.79 Å². The van der Waals surface area contributed by atoms with Crippen LogP contribution in [-0.4, -0.2) is 24.7 Å². The Morgan fingerprint density at radius 3 is 2.81 bits per heavy atom. The van der Waals surface area contributed by atoms with Gasteiger partial charge in [-0.1, -0.05) is 37.1 Å². The van der Waals surface area contributed by atoms with Gasteiger partial charge in [0.05, 0.1) is 10.6 Å². The summed E-state index contributed by atoms with van der Waals surface area (Å²) >= 11 is 5.00. The first-order valence-electron chi connectivity index (χ1n) is 11.1. The zero-order chi connectivity index (χ0) is 22.2. The highest BCUT2D eigenvalue weighted by atomic mass is 32.2. The Morgan fingerprint density at radius 2 is 2.06 bits per heavy atom. The van der Waals surface area contributed by atoms with Crippen LogP contribution in [-0.2, 0) is 6.42 Å². The molecule has 0 aromatic carbocycles. The van der Waals surface area contributed by atoms with E-state index in [2.05, 4.69) is 44.2 Å². The molecule has 32 heavy (non-hydrogen) atoms. The minimum absolute atomic E-state index is 0.0315. The van der Waals surface area contributed by atoms with Crippen molar-refractivity contribution < 1.29 is 0 Å². The lowest BCUT2D eigenvalue weighted by atomic mass is 9.95. The standard InChI is InChI=1S/C23H27N5OS3/c1-13-14(2)31-22-19(13)21(29)24-20(25-22)15(3)32-23-27-26-18(12-17-10-7-11-30-17)28(23)16-8-5-4-6-9-16/h7,10-11,15-16H,4-6,8-9,12H2,1-3H3,(H,24,25,29)/t15-/m1/s1. The molecule has 1 fully saturated rings. The molecular weight excluding hydrogens is 458 g/mol. The van der Waals surface area contributed by atoms with Crippen molar-refractivity contribution in [3.05, 3.63) is 54.8 Å². The average molecular weight is 486 g/mol. The highest BCUT2D eigenvalue weighted by Crippen LogP contribution is 2.38. The van der Waals surface area contributed by atoms with Crippen LogP contribution in [0.4, 0.5) is 0 Å². The van der Waals surface area contributed by atoms with Crippen LogP contribution in [0.3, 0.4) is 0 Å². The van der Waals surface area contributed by atoms with Crippen LogP contribution in [0.1, 0.15) is 77.3 Å². The Labute approximate surface area is 199 Å². The van der Waals surface area contributed by atoms with Gasteiger partial charge in [-0.15, -0.1) is 32.9 Å². The molecule has 1 aliphatic rings. The van der Waals surface area contributed by atoms with Crippen molar-refractivity contribution in [1.82, 2.24) is 24.7 Å². The van der Waals surface area contributed by atoms with Crippen molar-refractivity contribution in [2.45, 2.75) is 75.7 Å². The molecule has 0 aliphatic heterocycles. The van der Waals surface area contributed by atoms with Crippen LogP contribution >= 0.6 is 34.4 Å². The lowest BCUT2D eigenvalue weighted by molar-refractivity contribution is 0.330. The minimum Gasteiger partial charge on any atom is -0.309 e. The summed E-state index contributed by atoms with van der Waals surface area (Å²) in [6, 6.07) is 4.69. The van der Waals surface area contributed by atoms with Gasteiger partial charge in [-0.2, -0.15) is 0 Å². The second-order valence-electron chi connectivity index (χ2n) is 8.49. The molecule has 4 aromatic rings. The number of thioether (sulfide) groups is 1. The Morgan fingerprint density at radius 1 is 1.25 bits per heavy atom. The van der Waals surface area contributed by atoms with E-state index >= 15 is 0 Å². The van der Waals surface area contributed by atoms with Crippen LogP contribution in [0.2, 0.25) is 0 Å². The molecule has 6 nitrogen and oxygen atoms in total. The van der Waals surface area contributed by atoms with Gasteiger partial charge in [0.1, 0.15) is 16.5 Å². The van der Waals surface area contributed by atoms with Gasteiger partial charge >= 0.3 is 0 Å². The predicted molar refractivity (Wildman–Crippen MR) is 133 cm³/mol. The highest BCUT2D eigenvalue weighted by Gasteiger charge is 2.25. The van der Waals surface area contributed by atoms with Crippen LogP contribution in [0, 0.1) is 13.8 Å². The molecule has 1 N–H and O–H groups in total. The number of hydrogen-bond donors (Lipinski definition) is 1. The summed E-state index contributed by atoms with van der Waals surface area (Å²) in [5, 5.41) is 12.9. The summed E-state index contributed by atoms with van der Waals surface area (Å²) in [6.07, 6.45) is 6.97. The summed E-state index contributed by atoms with van der Waals surface area (Å²) in [7, 11) is 0. The molecule has 5 rings (SSSR count). The third-order valence-corrected chi connectivity index (χ3v) is 9.36. The number of H-pyrrole nitrogens is 1. The molecule has 0 amide bonds. The van der Waals surface area contributed by atoms with E-state index in [0.717, 1.165) is 38.1 Å². The second-order valence-corrected chi connectivity index (χ2v) is 12.0. The van der Waals surface area contributed by atoms with Crippen molar-refractivity contribution in [3.63, 3.8) is 0 Å². The van der Waals surface area contributed by atoms with E-state index in [1.165, 1.54) is 37.0 Å². The summed E-state index contributed by atoms with van der Waals surface area (Å²) in [4.78, 5) is 23.9. The van der Waals surface area contributed by atoms with E-state index in [4.69, 9.17) is 4.98 Å². The lowest BCUT2D eigenvalue weighted by Gasteiger charge is -2.26. The number of fused-ring (bicyclic) bond motifs is 1. The molecule has 0 bridgehead atoms. The smallest absolute Gasteiger partial charge is 0.259 e. The normalized spacial score (nSPS) is 16.1. The van der Waals surface area contributed by atoms with Crippen molar-refractivity contribution in [1.29, 1.82) is 0 Å². The van der Waals surface area contributed by atoms with Gasteiger partial charge < -0.3 is 9.55 Å². The number of rotatable bonds is 6. The number of aromatic nitrogens is 5. The first-order chi connectivity index (χ1) is 15.5. The number of aromatic amines is 1.